The highest BCUT2D eigenvalue weighted by Crippen LogP contribution is 2.07. The summed E-state index contributed by atoms with van der Waals surface area (Å²) in [5, 5.41) is 3.07. The van der Waals surface area contributed by atoms with E-state index >= 15 is 0 Å². The minimum absolute atomic E-state index is 0.230. The van der Waals surface area contributed by atoms with E-state index in [-0.39, 0.29) is 12.6 Å². The van der Waals surface area contributed by atoms with Crippen molar-refractivity contribution < 1.29 is 19.0 Å². The molecule has 5 heteroatoms. The van der Waals surface area contributed by atoms with Crippen LogP contribution in [-0.4, -0.2) is 45.0 Å². The molecule has 0 aliphatic carbocycles. The third kappa shape index (κ3) is 4.01. The lowest BCUT2D eigenvalue weighted by molar-refractivity contribution is -0.159. The van der Waals surface area contributed by atoms with Crippen molar-refractivity contribution in [2.45, 2.75) is 6.10 Å². The van der Waals surface area contributed by atoms with Gasteiger partial charge in [-0.15, -0.1) is 0 Å². The van der Waals surface area contributed by atoms with Gasteiger partial charge in [-0.3, -0.25) is 0 Å². The number of hydrogen-bond acceptors (Lipinski definition) is 5. The van der Waals surface area contributed by atoms with Crippen LogP contribution in [0.1, 0.15) is 0 Å². The Morgan fingerprint density at radius 3 is 2.89 bits per heavy atom. The molecule has 0 spiro atoms. The predicted octanol–water partition coefficient (Wildman–Crippen LogP) is 0.597. The summed E-state index contributed by atoms with van der Waals surface area (Å²) in [5.41, 5.74) is 0. The van der Waals surface area contributed by atoms with Gasteiger partial charge in [0.25, 0.3) is 0 Å². The van der Waals surface area contributed by atoms with Crippen molar-refractivity contribution in [3.8, 4) is 5.75 Å². The minimum Gasteiger partial charge on any atom is -0.490 e. The van der Waals surface area contributed by atoms with Crippen LogP contribution in [0, 0.1) is 0 Å². The summed E-state index contributed by atoms with van der Waals surface area (Å²) in [6, 6.07) is 9.41. The number of carbonyl (C=O) groups excluding carboxylic acids is 1. The van der Waals surface area contributed by atoms with Gasteiger partial charge in [0.05, 0.1) is 6.61 Å². The quantitative estimate of drug-likeness (QED) is 0.613. The molecule has 5 nitrogen and oxygen atoms in total. The number of benzene rings is 1. The molecule has 98 valence electrons. The van der Waals surface area contributed by atoms with Crippen molar-refractivity contribution in [1.29, 1.82) is 0 Å². The summed E-state index contributed by atoms with van der Waals surface area (Å²) >= 11 is 0. The molecule has 1 saturated heterocycles. The molecule has 2 rings (SSSR count). The standard InChI is InChI=1S/C13H17NO4/c15-13(12-10-14-6-7-17-12)18-9-8-16-11-4-2-1-3-5-11/h1-5,12,14H,6-10H2. The zero-order valence-corrected chi connectivity index (χ0v) is 10.1. The van der Waals surface area contributed by atoms with E-state index in [2.05, 4.69) is 5.32 Å². The zero-order valence-electron chi connectivity index (χ0n) is 10.1. The Morgan fingerprint density at radius 2 is 2.17 bits per heavy atom. The molecule has 0 saturated carbocycles. The maximum atomic E-state index is 11.6. The lowest BCUT2D eigenvalue weighted by Gasteiger charge is -2.21. The average molecular weight is 251 g/mol. The zero-order chi connectivity index (χ0) is 12.6. The van der Waals surface area contributed by atoms with Gasteiger partial charge in [-0.1, -0.05) is 18.2 Å². The predicted molar refractivity (Wildman–Crippen MR) is 65.5 cm³/mol. The Balaban J connectivity index is 1.61. The van der Waals surface area contributed by atoms with E-state index in [0.717, 1.165) is 12.3 Å². The van der Waals surface area contributed by atoms with Crippen molar-refractivity contribution in [3.05, 3.63) is 30.3 Å². The first-order valence-corrected chi connectivity index (χ1v) is 6.03. The maximum Gasteiger partial charge on any atom is 0.336 e. The van der Waals surface area contributed by atoms with Crippen molar-refractivity contribution in [1.82, 2.24) is 5.32 Å². The van der Waals surface area contributed by atoms with Crippen molar-refractivity contribution >= 4 is 5.97 Å². The van der Waals surface area contributed by atoms with Crippen molar-refractivity contribution in [2.75, 3.05) is 32.9 Å². The van der Waals surface area contributed by atoms with Crippen LogP contribution in [0.25, 0.3) is 0 Å². The Hall–Kier alpha value is -1.59. The van der Waals surface area contributed by atoms with E-state index in [1.807, 2.05) is 30.3 Å². The molecule has 1 unspecified atom stereocenters. The minimum atomic E-state index is -0.490. The number of nitrogens with one attached hydrogen (secondary N) is 1. The Morgan fingerprint density at radius 1 is 1.33 bits per heavy atom. The fraction of sp³-hybridized carbons (Fsp3) is 0.462. The van der Waals surface area contributed by atoms with Gasteiger partial charge in [0.1, 0.15) is 19.0 Å². The molecular formula is C13H17NO4. The molecule has 1 aromatic rings. The molecule has 0 amide bonds. The second kappa shape index (κ2) is 6.98. The van der Waals surface area contributed by atoms with E-state index in [0.29, 0.717) is 19.8 Å². The molecule has 1 aromatic carbocycles. The van der Waals surface area contributed by atoms with Gasteiger partial charge in [-0.05, 0) is 12.1 Å². The number of ether oxygens (including phenoxy) is 3. The highest BCUT2D eigenvalue weighted by atomic mass is 16.6. The number of esters is 1. The van der Waals surface area contributed by atoms with Gasteiger partial charge in [0.15, 0.2) is 6.10 Å². The number of carbonyl (C=O) groups is 1. The topological polar surface area (TPSA) is 56.8 Å². The summed E-state index contributed by atoms with van der Waals surface area (Å²) in [7, 11) is 0. The first-order chi connectivity index (χ1) is 8.86. The van der Waals surface area contributed by atoms with Crippen LogP contribution in [0.15, 0.2) is 30.3 Å². The second-order valence-electron chi connectivity index (χ2n) is 3.89. The van der Waals surface area contributed by atoms with Gasteiger partial charge in [0.2, 0.25) is 0 Å². The maximum absolute atomic E-state index is 11.6. The highest BCUT2D eigenvalue weighted by molar-refractivity contribution is 5.75. The SMILES string of the molecule is O=C(OCCOc1ccccc1)C1CNCCO1. The lowest BCUT2D eigenvalue weighted by Crippen LogP contribution is -2.44. The van der Waals surface area contributed by atoms with Gasteiger partial charge in [-0.2, -0.15) is 0 Å². The first-order valence-electron chi connectivity index (χ1n) is 6.03. The number of rotatable bonds is 5. The smallest absolute Gasteiger partial charge is 0.336 e. The lowest BCUT2D eigenvalue weighted by atomic mass is 10.3. The van der Waals surface area contributed by atoms with Crippen LogP contribution >= 0.6 is 0 Å². The molecular weight excluding hydrogens is 234 g/mol. The van der Waals surface area contributed by atoms with Gasteiger partial charge in [-0.25, -0.2) is 4.79 Å². The number of para-hydroxylation sites is 1. The summed E-state index contributed by atoms with van der Waals surface area (Å²) in [4.78, 5) is 11.6. The van der Waals surface area contributed by atoms with E-state index in [1.165, 1.54) is 0 Å². The summed E-state index contributed by atoms with van der Waals surface area (Å²) in [5.74, 6) is 0.433. The van der Waals surface area contributed by atoms with Crippen LogP contribution in [0.3, 0.4) is 0 Å². The van der Waals surface area contributed by atoms with Crippen LogP contribution in [-0.2, 0) is 14.3 Å². The summed E-state index contributed by atoms with van der Waals surface area (Å²) in [6.07, 6.45) is -0.490. The number of morpholine rings is 1. The fourth-order valence-corrected chi connectivity index (χ4v) is 1.63. The van der Waals surface area contributed by atoms with Gasteiger partial charge >= 0.3 is 5.97 Å². The van der Waals surface area contributed by atoms with E-state index in [4.69, 9.17) is 14.2 Å². The fourth-order valence-electron chi connectivity index (χ4n) is 1.63. The van der Waals surface area contributed by atoms with Crippen LogP contribution < -0.4 is 10.1 Å². The normalized spacial score (nSPS) is 19.2. The van der Waals surface area contributed by atoms with Gasteiger partial charge < -0.3 is 19.5 Å². The Kier molecular flexibility index (Phi) is 4.99. The molecule has 1 aliphatic heterocycles. The second-order valence-corrected chi connectivity index (χ2v) is 3.89. The van der Waals surface area contributed by atoms with Crippen molar-refractivity contribution in [3.63, 3.8) is 0 Å². The largest absolute Gasteiger partial charge is 0.490 e. The third-order valence-corrected chi connectivity index (χ3v) is 2.53. The molecule has 0 bridgehead atoms. The molecule has 1 aliphatic rings. The van der Waals surface area contributed by atoms with E-state index in [1.54, 1.807) is 0 Å². The average Bonchev–Trinajstić information content (AvgIpc) is 2.45. The summed E-state index contributed by atoms with van der Waals surface area (Å²) < 4.78 is 15.8. The van der Waals surface area contributed by atoms with E-state index in [9.17, 15) is 4.79 Å². The van der Waals surface area contributed by atoms with Gasteiger partial charge in [0, 0.05) is 13.1 Å². The number of hydrogen-bond donors (Lipinski definition) is 1. The molecule has 0 radical (unpaired) electrons. The van der Waals surface area contributed by atoms with Crippen LogP contribution in [0.5, 0.6) is 5.75 Å². The molecule has 18 heavy (non-hydrogen) atoms. The highest BCUT2D eigenvalue weighted by Gasteiger charge is 2.22. The van der Waals surface area contributed by atoms with Crippen molar-refractivity contribution in [2.24, 2.45) is 0 Å². The Labute approximate surface area is 106 Å². The molecule has 1 heterocycles. The molecule has 1 fully saturated rings. The first kappa shape index (κ1) is 12.9. The monoisotopic (exact) mass is 251 g/mol. The van der Waals surface area contributed by atoms with E-state index < -0.39 is 6.10 Å². The molecule has 0 aromatic heterocycles. The van der Waals surface area contributed by atoms with Crippen LogP contribution in [0.4, 0.5) is 0 Å². The summed E-state index contributed by atoms with van der Waals surface area (Å²) in [6.45, 7) is 2.41. The molecule has 1 N–H and O–H groups in total. The molecule has 1 atom stereocenters. The third-order valence-electron chi connectivity index (χ3n) is 2.53. The van der Waals surface area contributed by atoms with Crippen LogP contribution in [0.2, 0.25) is 0 Å². The Bertz CT molecular complexity index is 363.